The Morgan fingerprint density at radius 1 is 0.900 bits per heavy atom. The van der Waals surface area contributed by atoms with Gasteiger partial charge in [0, 0.05) is 8.96 Å². The van der Waals surface area contributed by atoms with Crippen molar-refractivity contribution < 1.29 is 29.7 Å². The second kappa shape index (κ2) is 5.08. The summed E-state index contributed by atoms with van der Waals surface area (Å²) in [5.74, 6) is -3.85. The van der Waals surface area contributed by atoms with Crippen molar-refractivity contribution in [1.82, 2.24) is 0 Å². The lowest BCUT2D eigenvalue weighted by Crippen LogP contribution is -2.09. The Morgan fingerprint density at radius 3 is 2.00 bits per heavy atom. The Hall–Kier alpha value is -2.16. The zero-order valence-electron chi connectivity index (χ0n) is 9.75. The van der Waals surface area contributed by atoms with Crippen molar-refractivity contribution in [3.8, 4) is 0 Å². The van der Waals surface area contributed by atoms with E-state index in [0.29, 0.717) is 0 Å². The first-order chi connectivity index (χ1) is 9.34. The number of hydrogen-bond acceptors (Lipinski definition) is 3. The summed E-state index contributed by atoms with van der Waals surface area (Å²) in [7, 11) is 0. The second-order valence-corrected chi connectivity index (χ2v) is 5.09. The quantitative estimate of drug-likeness (QED) is 0.700. The summed E-state index contributed by atoms with van der Waals surface area (Å²) in [5, 5.41) is 27.6. The third kappa shape index (κ3) is 2.20. The van der Waals surface area contributed by atoms with Gasteiger partial charge in [-0.3, -0.25) is 0 Å². The largest absolute Gasteiger partial charge is 0.478 e. The molecule has 2 rings (SSSR count). The number of fused-ring (bicyclic) bond motifs is 1. The first-order valence-electron chi connectivity index (χ1n) is 5.29. The number of carboxylic acids is 3. The molecule has 0 atom stereocenters. The number of hydrogen-bond donors (Lipinski definition) is 3. The van der Waals surface area contributed by atoms with Crippen molar-refractivity contribution in [3.05, 3.63) is 44.5 Å². The summed E-state index contributed by atoms with van der Waals surface area (Å²) >= 11 is 1.72. The van der Waals surface area contributed by atoms with Crippen LogP contribution in [-0.2, 0) is 0 Å². The fraction of sp³-hybridized carbons (Fsp3) is 0. The van der Waals surface area contributed by atoms with E-state index in [9.17, 15) is 24.6 Å². The third-order valence-electron chi connectivity index (χ3n) is 2.79. The molecule has 0 spiro atoms. The highest BCUT2D eigenvalue weighted by atomic mass is 127. The van der Waals surface area contributed by atoms with Gasteiger partial charge in [-0.1, -0.05) is 12.1 Å². The molecular weight excluding hydrogens is 379 g/mol. The minimum Gasteiger partial charge on any atom is -0.478 e. The molecule has 0 aromatic heterocycles. The van der Waals surface area contributed by atoms with Gasteiger partial charge in [-0.05, 0) is 40.1 Å². The maximum Gasteiger partial charge on any atom is 0.337 e. The number of halogens is 1. The Kier molecular flexibility index (Phi) is 3.62. The lowest BCUT2D eigenvalue weighted by molar-refractivity contribution is 0.0680. The van der Waals surface area contributed by atoms with Crippen molar-refractivity contribution in [2.75, 3.05) is 0 Å². The predicted octanol–water partition coefficient (Wildman–Crippen LogP) is 2.54. The topological polar surface area (TPSA) is 112 Å². The van der Waals surface area contributed by atoms with E-state index in [0.717, 1.165) is 0 Å². The normalized spacial score (nSPS) is 10.4. The molecule has 0 radical (unpaired) electrons. The van der Waals surface area contributed by atoms with Crippen LogP contribution in [0.2, 0.25) is 0 Å². The summed E-state index contributed by atoms with van der Waals surface area (Å²) in [6, 6.07) is 5.20. The van der Waals surface area contributed by atoms with Gasteiger partial charge in [0.15, 0.2) is 0 Å². The molecule has 102 valence electrons. The molecule has 0 aliphatic heterocycles. The molecule has 0 heterocycles. The van der Waals surface area contributed by atoms with E-state index < -0.39 is 17.9 Å². The van der Waals surface area contributed by atoms with Crippen LogP contribution in [0.15, 0.2) is 24.3 Å². The minimum atomic E-state index is -1.31. The third-order valence-corrected chi connectivity index (χ3v) is 3.64. The van der Waals surface area contributed by atoms with Crippen LogP contribution < -0.4 is 0 Å². The first kappa shape index (κ1) is 14.3. The molecule has 0 saturated carbocycles. The molecule has 0 fully saturated rings. The number of carbonyl (C=O) groups is 3. The van der Waals surface area contributed by atoms with Gasteiger partial charge in [-0.25, -0.2) is 14.4 Å². The van der Waals surface area contributed by atoms with Crippen LogP contribution in [0.4, 0.5) is 0 Å². The van der Waals surface area contributed by atoms with Gasteiger partial charge in [0.1, 0.15) is 0 Å². The van der Waals surface area contributed by atoms with E-state index >= 15 is 0 Å². The molecule has 0 saturated heterocycles. The summed E-state index contributed by atoms with van der Waals surface area (Å²) in [6.45, 7) is 0. The summed E-state index contributed by atoms with van der Waals surface area (Å²) in [4.78, 5) is 33.8. The monoisotopic (exact) mass is 386 g/mol. The van der Waals surface area contributed by atoms with Crippen LogP contribution in [-0.4, -0.2) is 33.2 Å². The second-order valence-electron chi connectivity index (χ2n) is 3.92. The van der Waals surface area contributed by atoms with Crippen LogP contribution >= 0.6 is 22.6 Å². The zero-order chi connectivity index (χ0) is 15.0. The van der Waals surface area contributed by atoms with Crippen molar-refractivity contribution in [2.45, 2.75) is 0 Å². The van der Waals surface area contributed by atoms with Crippen LogP contribution in [0.1, 0.15) is 31.1 Å². The minimum absolute atomic E-state index is 0.0784. The Bertz CT molecular complexity index is 765. The van der Waals surface area contributed by atoms with Crippen LogP contribution in [0.3, 0.4) is 0 Å². The van der Waals surface area contributed by atoms with Crippen molar-refractivity contribution in [1.29, 1.82) is 0 Å². The van der Waals surface area contributed by atoms with Gasteiger partial charge in [-0.15, -0.1) is 0 Å². The Balaban J connectivity index is 3.09. The van der Waals surface area contributed by atoms with E-state index in [-0.39, 0.29) is 31.0 Å². The fourth-order valence-electron chi connectivity index (χ4n) is 2.01. The number of rotatable bonds is 3. The van der Waals surface area contributed by atoms with E-state index in [4.69, 9.17) is 5.11 Å². The predicted molar refractivity (Wildman–Crippen MR) is 77.5 cm³/mol. The van der Waals surface area contributed by atoms with Crippen LogP contribution in [0, 0.1) is 3.57 Å². The van der Waals surface area contributed by atoms with Gasteiger partial charge in [0.25, 0.3) is 0 Å². The van der Waals surface area contributed by atoms with Crippen LogP contribution in [0.25, 0.3) is 10.8 Å². The molecular formula is C13H7IO6. The molecule has 0 amide bonds. The van der Waals surface area contributed by atoms with E-state index in [1.54, 1.807) is 22.6 Å². The lowest BCUT2D eigenvalue weighted by Gasteiger charge is -2.11. The fourth-order valence-corrected chi connectivity index (χ4v) is 2.85. The van der Waals surface area contributed by atoms with Crippen molar-refractivity contribution >= 4 is 51.3 Å². The molecule has 2 aromatic carbocycles. The molecule has 0 bridgehead atoms. The highest BCUT2D eigenvalue weighted by Gasteiger charge is 2.22. The molecule has 0 unspecified atom stereocenters. The zero-order valence-corrected chi connectivity index (χ0v) is 11.9. The molecule has 2 aromatic rings. The van der Waals surface area contributed by atoms with Gasteiger partial charge in [-0.2, -0.15) is 0 Å². The average Bonchev–Trinajstić information content (AvgIpc) is 2.35. The smallest absolute Gasteiger partial charge is 0.337 e. The Morgan fingerprint density at radius 2 is 1.50 bits per heavy atom. The Labute approximate surface area is 125 Å². The number of aromatic carboxylic acids is 3. The molecule has 6 nitrogen and oxygen atoms in total. The highest BCUT2D eigenvalue weighted by molar-refractivity contribution is 14.1. The molecule has 0 aliphatic carbocycles. The first-order valence-corrected chi connectivity index (χ1v) is 6.37. The van der Waals surface area contributed by atoms with Crippen molar-refractivity contribution in [2.24, 2.45) is 0 Å². The summed E-state index contributed by atoms with van der Waals surface area (Å²) in [5.41, 5.74) is -0.570. The van der Waals surface area contributed by atoms with Crippen molar-refractivity contribution in [3.63, 3.8) is 0 Å². The molecule has 20 heavy (non-hydrogen) atoms. The molecule has 7 heteroatoms. The van der Waals surface area contributed by atoms with Gasteiger partial charge >= 0.3 is 17.9 Å². The summed E-state index contributed by atoms with van der Waals surface area (Å²) in [6.07, 6.45) is 0. The van der Waals surface area contributed by atoms with E-state index in [1.165, 1.54) is 24.3 Å². The molecule has 3 N–H and O–H groups in total. The number of carboxylic acid groups (broad SMARTS) is 3. The van der Waals surface area contributed by atoms with Gasteiger partial charge in [0.05, 0.1) is 16.7 Å². The van der Waals surface area contributed by atoms with Gasteiger partial charge < -0.3 is 15.3 Å². The maximum absolute atomic E-state index is 11.3. The SMILES string of the molecule is O=C(O)c1c(I)cc(C(=O)O)c2c(C(=O)O)cccc12. The lowest BCUT2D eigenvalue weighted by atomic mass is 9.95. The number of benzene rings is 2. The van der Waals surface area contributed by atoms with Crippen LogP contribution in [0.5, 0.6) is 0 Å². The maximum atomic E-state index is 11.3. The van der Waals surface area contributed by atoms with Gasteiger partial charge in [0.2, 0.25) is 0 Å². The summed E-state index contributed by atoms with van der Waals surface area (Å²) < 4.78 is 0.238. The van der Waals surface area contributed by atoms with E-state index in [2.05, 4.69) is 0 Å². The highest BCUT2D eigenvalue weighted by Crippen LogP contribution is 2.30. The van der Waals surface area contributed by atoms with E-state index in [1.807, 2.05) is 0 Å². The average molecular weight is 386 g/mol. The standard InChI is InChI=1S/C13H7IO6/c14-8-4-7(12(17)18)9-5(10(8)13(19)20)2-1-3-6(9)11(15)16/h1-4H,(H,15,16)(H,17,18)(H,19,20). The molecule has 0 aliphatic rings.